The highest BCUT2D eigenvalue weighted by atomic mass is 32.3. The van der Waals surface area contributed by atoms with Crippen molar-refractivity contribution in [1.29, 1.82) is 0 Å². The lowest BCUT2D eigenvalue weighted by Crippen LogP contribution is -2.75. The van der Waals surface area contributed by atoms with Crippen molar-refractivity contribution in [2.45, 2.75) is 86.5 Å². The molecule has 0 unspecified atom stereocenters. The second-order valence-corrected chi connectivity index (χ2v) is 14.5. The van der Waals surface area contributed by atoms with Gasteiger partial charge in [-0.1, -0.05) is 26.7 Å². The summed E-state index contributed by atoms with van der Waals surface area (Å²) >= 11 is 0. The SMILES string of the molecule is CCS(CC)(CC(=O)C1CCCC1)OS(=O)(=O)C(F)(F)C(F)(F)C(F)(F)C(F)(F)C(F)(F)C(F)(F)C(F)(F)C(F)(F)F. The molecular formula is C19H21F17O4S2. The van der Waals surface area contributed by atoms with Gasteiger partial charge >= 0.3 is 57.1 Å². The smallest absolute Gasteiger partial charge is 0.298 e. The lowest BCUT2D eigenvalue weighted by molar-refractivity contribution is -0.458. The van der Waals surface area contributed by atoms with Gasteiger partial charge < -0.3 is 0 Å². The number of hydrogen-bond donors (Lipinski definition) is 0. The zero-order valence-electron chi connectivity index (χ0n) is 20.9. The molecule has 0 aromatic rings. The van der Waals surface area contributed by atoms with Gasteiger partial charge in [-0.2, -0.15) is 83.1 Å². The molecule has 0 aromatic heterocycles. The van der Waals surface area contributed by atoms with Crippen molar-refractivity contribution >= 4 is 26.2 Å². The Morgan fingerprint density at radius 3 is 1.29 bits per heavy atom. The molecule has 0 amide bonds. The number of alkyl halides is 17. The molecule has 0 spiro atoms. The van der Waals surface area contributed by atoms with Gasteiger partial charge in [0.2, 0.25) is 0 Å². The van der Waals surface area contributed by atoms with Crippen molar-refractivity contribution in [3.63, 3.8) is 0 Å². The van der Waals surface area contributed by atoms with Gasteiger partial charge in [0, 0.05) is 5.92 Å². The van der Waals surface area contributed by atoms with Crippen LogP contribution < -0.4 is 0 Å². The van der Waals surface area contributed by atoms with E-state index in [4.69, 9.17) is 0 Å². The van der Waals surface area contributed by atoms with Gasteiger partial charge in [0.05, 0.1) is 5.75 Å². The fraction of sp³-hybridized carbons (Fsp3) is 0.947. The summed E-state index contributed by atoms with van der Waals surface area (Å²) < 4.78 is 258. The van der Waals surface area contributed by atoms with E-state index in [1.54, 1.807) is 0 Å². The number of hydrogen-bond acceptors (Lipinski definition) is 4. The Morgan fingerprint density at radius 2 is 0.952 bits per heavy atom. The third-order valence-corrected chi connectivity index (χ3v) is 12.2. The van der Waals surface area contributed by atoms with Gasteiger partial charge in [0.15, 0.2) is 0 Å². The van der Waals surface area contributed by atoms with Crippen LogP contribution in [0, 0.1) is 5.92 Å². The van der Waals surface area contributed by atoms with Crippen molar-refractivity contribution in [1.82, 2.24) is 0 Å². The number of Topliss-reactive ketones (excluding diaryl/α,β-unsaturated/α-hetero) is 1. The molecule has 42 heavy (non-hydrogen) atoms. The zero-order chi connectivity index (χ0) is 33.8. The normalized spacial score (nSPS) is 18.5. The molecule has 0 heterocycles. The van der Waals surface area contributed by atoms with Crippen molar-refractivity contribution in [2.75, 3.05) is 17.3 Å². The summed E-state index contributed by atoms with van der Waals surface area (Å²) in [6.07, 6.45) is -6.49. The quantitative estimate of drug-likeness (QED) is 0.174. The molecule has 0 aliphatic heterocycles. The molecule has 0 bridgehead atoms. The Hall–Kier alpha value is -1.26. The fourth-order valence-electron chi connectivity index (χ4n) is 3.69. The first-order chi connectivity index (χ1) is 18.3. The average Bonchev–Trinajstić information content (AvgIpc) is 3.37. The molecule has 0 saturated heterocycles. The average molecular weight is 700 g/mol. The van der Waals surface area contributed by atoms with E-state index in [0.717, 1.165) is 13.8 Å². The van der Waals surface area contributed by atoms with Gasteiger partial charge in [-0.05, 0) is 24.3 Å². The van der Waals surface area contributed by atoms with Crippen molar-refractivity contribution in [3.8, 4) is 0 Å². The molecule has 0 atom stereocenters. The van der Waals surface area contributed by atoms with E-state index in [9.17, 15) is 87.8 Å². The standard InChI is InChI=1S/C19H21F17O4S2/c1-3-41(4-2,9-11(37)10-7-5-6-8-10)40-42(38,39)19(35,36)17(30,31)15(26,27)13(22,23)12(20,21)14(24,25)16(28,29)18(32,33)34/h10H,3-9H2,1-2H3. The van der Waals surface area contributed by atoms with Crippen LogP contribution in [-0.2, 0) is 18.5 Å². The van der Waals surface area contributed by atoms with Gasteiger partial charge in [0.1, 0.15) is 5.78 Å². The van der Waals surface area contributed by atoms with Gasteiger partial charge in [-0.15, -0.1) is 10.3 Å². The summed E-state index contributed by atoms with van der Waals surface area (Å²) in [4.78, 5) is 12.5. The summed E-state index contributed by atoms with van der Waals surface area (Å²) in [5, 5.41) is -7.76. The summed E-state index contributed by atoms with van der Waals surface area (Å²) in [6, 6.07) is 0. The van der Waals surface area contributed by atoms with Crippen LogP contribution in [0.25, 0.3) is 0 Å². The minimum absolute atomic E-state index is 0.219. The highest BCUT2D eigenvalue weighted by Crippen LogP contribution is 2.65. The lowest BCUT2D eigenvalue weighted by Gasteiger charge is -2.43. The van der Waals surface area contributed by atoms with Crippen LogP contribution in [-0.4, -0.2) is 78.4 Å². The first-order valence-corrected chi connectivity index (χ1v) is 14.8. The third-order valence-electron chi connectivity index (χ3n) is 6.51. The minimum Gasteiger partial charge on any atom is -0.298 e. The summed E-state index contributed by atoms with van der Waals surface area (Å²) in [7, 11) is -11.6. The Balaban J connectivity index is 3.65. The number of halogens is 17. The summed E-state index contributed by atoms with van der Waals surface area (Å²) in [5.74, 6) is -56.3. The predicted molar refractivity (Wildman–Crippen MR) is 111 cm³/mol. The van der Waals surface area contributed by atoms with Crippen LogP contribution in [0.1, 0.15) is 39.5 Å². The maximum absolute atomic E-state index is 14.4. The number of carbonyl (C=O) groups excluding carboxylic acids is 1. The van der Waals surface area contributed by atoms with Gasteiger partial charge in [0.25, 0.3) is 0 Å². The maximum atomic E-state index is 14.4. The van der Waals surface area contributed by atoms with Crippen LogP contribution in [0.4, 0.5) is 74.6 Å². The molecule has 0 aromatic carbocycles. The second-order valence-electron chi connectivity index (χ2n) is 9.12. The Bertz CT molecular complexity index is 1090. The molecule has 0 N–H and O–H groups in total. The van der Waals surface area contributed by atoms with Gasteiger partial charge in [-0.3, -0.25) is 4.79 Å². The zero-order valence-corrected chi connectivity index (χ0v) is 22.5. The number of rotatable bonds is 14. The third kappa shape index (κ3) is 5.66. The van der Waals surface area contributed by atoms with Crippen molar-refractivity contribution in [2.24, 2.45) is 5.92 Å². The first kappa shape index (κ1) is 38.8. The monoisotopic (exact) mass is 700 g/mol. The van der Waals surface area contributed by atoms with E-state index in [1.807, 2.05) is 0 Å². The van der Waals surface area contributed by atoms with E-state index in [2.05, 4.69) is 3.63 Å². The molecule has 0 radical (unpaired) electrons. The molecular weight excluding hydrogens is 679 g/mol. The highest BCUT2D eigenvalue weighted by Gasteiger charge is 2.96. The van der Waals surface area contributed by atoms with Crippen molar-refractivity contribution < 1.29 is 91.5 Å². The minimum atomic E-state index is -8.92. The molecule has 1 rings (SSSR count). The predicted octanol–water partition coefficient (Wildman–Crippen LogP) is 7.82. The van der Waals surface area contributed by atoms with Crippen molar-refractivity contribution in [3.05, 3.63) is 0 Å². The summed E-state index contributed by atoms with van der Waals surface area (Å²) in [5.41, 5.74) is 0. The van der Waals surface area contributed by atoms with E-state index in [1.165, 1.54) is 0 Å². The molecule has 23 heteroatoms. The van der Waals surface area contributed by atoms with Crippen LogP contribution in [0.5, 0.6) is 0 Å². The second kappa shape index (κ2) is 11.3. The first-order valence-electron chi connectivity index (χ1n) is 11.3. The topological polar surface area (TPSA) is 60.4 Å². The Labute approximate surface area is 227 Å². The molecule has 1 fully saturated rings. The summed E-state index contributed by atoms with van der Waals surface area (Å²) in [6.45, 7) is 1.89. The molecule has 1 saturated carbocycles. The van der Waals surface area contributed by atoms with Crippen LogP contribution >= 0.6 is 10.3 Å². The van der Waals surface area contributed by atoms with Crippen LogP contribution in [0.2, 0.25) is 0 Å². The lowest BCUT2D eigenvalue weighted by atomic mass is 9.91. The molecule has 4 nitrogen and oxygen atoms in total. The van der Waals surface area contributed by atoms with E-state index in [0.29, 0.717) is 12.8 Å². The van der Waals surface area contributed by atoms with Gasteiger partial charge in [-0.25, -0.2) is 3.63 Å². The molecule has 1 aliphatic rings. The van der Waals surface area contributed by atoms with E-state index in [-0.39, 0.29) is 12.8 Å². The Kier molecular flexibility index (Phi) is 10.4. The van der Waals surface area contributed by atoms with E-state index >= 15 is 0 Å². The highest BCUT2D eigenvalue weighted by molar-refractivity contribution is 8.33. The maximum Gasteiger partial charge on any atom is 0.460 e. The van der Waals surface area contributed by atoms with E-state index < -0.39 is 96.4 Å². The Morgan fingerprint density at radius 1 is 0.619 bits per heavy atom. The largest absolute Gasteiger partial charge is 0.460 e. The number of carbonyl (C=O) groups is 1. The fourth-order valence-corrected chi connectivity index (χ4v) is 8.53. The number of ketones is 1. The van der Waals surface area contributed by atoms with Crippen LogP contribution in [0.3, 0.4) is 0 Å². The molecule has 1 aliphatic carbocycles. The van der Waals surface area contributed by atoms with Crippen LogP contribution in [0.15, 0.2) is 0 Å². The molecule has 252 valence electrons.